The molecule has 24 heavy (non-hydrogen) atoms. The summed E-state index contributed by atoms with van der Waals surface area (Å²) in [6.07, 6.45) is 1.07. The summed E-state index contributed by atoms with van der Waals surface area (Å²) in [6, 6.07) is 6.82. The monoisotopic (exact) mass is 325 g/mol. The van der Waals surface area contributed by atoms with Gasteiger partial charge in [0.15, 0.2) is 11.7 Å². The molecule has 0 saturated heterocycles. The number of Topliss-reactive ketones (excluding diaryl/α,β-unsaturated/α-hetero) is 1. The maximum Gasteiger partial charge on any atom is 0.244 e. The van der Waals surface area contributed by atoms with Crippen molar-refractivity contribution in [2.45, 2.75) is 25.9 Å². The summed E-state index contributed by atoms with van der Waals surface area (Å²) >= 11 is 0. The smallest absolute Gasteiger partial charge is 0.244 e. The molecule has 2 aromatic rings. The number of ketones is 1. The van der Waals surface area contributed by atoms with E-state index in [0.717, 1.165) is 5.56 Å². The van der Waals surface area contributed by atoms with Crippen molar-refractivity contribution < 1.29 is 19.2 Å². The highest BCUT2D eigenvalue weighted by atomic mass is 16.5. The molecule has 1 aromatic heterocycles. The number of rotatable bonds is 4. The number of nitriles is 1. The summed E-state index contributed by atoms with van der Waals surface area (Å²) in [5, 5.41) is 25.7. The van der Waals surface area contributed by atoms with E-state index in [1.54, 1.807) is 25.1 Å². The van der Waals surface area contributed by atoms with Crippen LogP contribution in [0.4, 0.5) is 5.69 Å². The van der Waals surface area contributed by atoms with Crippen molar-refractivity contribution in [3.05, 3.63) is 46.8 Å². The van der Waals surface area contributed by atoms with Gasteiger partial charge in [-0.15, -0.1) is 0 Å². The molecule has 1 aliphatic carbocycles. The van der Waals surface area contributed by atoms with Gasteiger partial charge in [-0.1, -0.05) is 5.16 Å². The molecule has 3 rings (SSSR count). The van der Waals surface area contributed by atoms with Crippen LogP contribution in [0.15, 0.2) is 28.9 Å². The highest BCUT2D eigenvalue weighted by Crippen LogP contribution is 2.28. The van der Waals surface area contributed by atoms with E-state index in [9.17, 15) is 20.0 Å². The third-order valence-electron chi connectivity index (χ3n) is 4.14. The average molecular weight is 325 g/mol. The number of amides is 1. The standard InChI is InChI=1S/C17H15N3O4/c1-9-14(8-19-24-9)16(22)13(7-18)17(23)20-11-3-4-12-10(6-11)2-5-15(12)21/h3-4,6,8,13,16,22H,2,5H2,1H3,(H,20,23). The Balaban J connectivity index is 1.77. The number of benzene rings is 1. The topological polar surface area (TPSA) is 116 Å². The summed E-state index contributed by atoms with van der Waals surface area (Å²) in [6.45, 7) is 1.59. The fraction of sp³-hybridized carbons (Fsp3) is 0.294. The van der Waals surface area contributed by atoms with E-state index >= 15 is 0 Å². The third-order valence-corrected chi connectivity index (χ3v) is 4.14. The normalized spacial score (nSPS) is 15.5. The number of anilines is 1. The van der Waals surface area contributed by atoms with Gasteiger partial charge < -0.3 is 14.9 Å². The summed E-state index contributed by atoms with van der Waals surface area (Å²) in [5.41, 5.74) is 2.34. The number of aliphatic hydroxyl groups is 1. The molecule has 1 heterocycles. The molecule has 1 amide bonds. The van der Waals surface area contributed by atoms with Crippen LogP contribution >= 0.6 is 0 Å². The molecule has 2 unspecified atom stereocenters. The zero-order chi connectivity index (χ0) is 17.3. The Bertz CT molecular complexity index is 850. The van der Waals surface area contributed by atoms with Gasteiger partial charge in [0.05, 0.1) is 12.3 Å². The van der Waals surface area contributed by atoms with E-state index in [4.69, 9.17) is 4.52 Å². The number of carbonyl (C=O) groups is 2. The minimum absolute atomic E-state index is 0.0936. The van der Waals surface area contributed by atoms with Gasteiger partial charge in [-0.25, -0.2) is 0 Å². The molecule has 0 aliphatic heterocycles. The minimum Gasteiger partial charge on any atom is -0.386 e. The van der Waals surface area contributed by atoms with Crippen LogP contribution in [-0.4, -0.2) is 22.0 Å². The SMILES string of the molecule is Cc1oncc1C(O)C(C#N)C(=O)Nc1ccc2c(c1)CCC2=O. The maximum atomic E-state index is 12.3. The third kappa shape index (κ3) is 2.79. The van der Waals surface area contributed by atoms with Crippen LogP contribution in [0.5, 0.6) is 0 Å². The lowest BCUT2D eigenvalue weighted by molar-refractivity contribution is -0.121. The predicted octanol–water partition coefficient (Wildman–Crippen LogP) is 1.92. The number of aliphatic hydroxyl groups excluding tert-OH is 1. The quantitative estimate of drug-likeness (QED) is 0.887. The van der Waals surface area contributed by atoms with Gasteiger partial charge in [-0.2, -0.15) is 5.26 Å². The molecule has 122 valence electrons. The van der Waals surface area contributed by atoms with Crippen LogP contribution in [0.25, 0.3) is 0 Å². The van der Waals surface area contributed by atoms with Crippen molar-refractivity contribution in [2.24, 2.45) is 5.92 Å². The first-order valence-electron chi connectivity index (χ1n) is 7.47. The van der Waals surface area contributed by atoms with E-state index in [-0.39, 0.29) is 5.78 Å². The fourth-order valence-corrected chi connectivity index (χ4v) is 2.80. The Hall–Kier alpha value is -2.98. The molecule has 1 aromatic carbocycles. The van der Waals surface area contributed by atoms with Crippen LogP contribution < -0.4 is 5.32 Å². The second-order valence-corrected chi connectivity index (χ2v) is 5.67. The van der Waals surface area contributed by atoms with Gasteiger partial charge in [0.25, 0.3) is 0 Å². The first kappa shape index (κ1) is 15.9. The first-order valence-corrected chi connectivity index (χ1v) is 7.47. The van der Waals surface area contributed by atoms with Crippen LogP contribution in [0.3, 0.4) is 0 Å². The highest BCUT2D eigenvalue weighted by molar-refractivity contribution is 6.01. The zero-order valence-electron chi connectivity index (χ0n) is 12.9. The zero-order valence-corrected chi connectivity index (χ0v) is 12.9. The highest BCUT2D eigenvalue weighted by Gasteiger charge is 2.31. The maximum absolute atomic E-state index is 12.3. The fourth-order valence-electron chi connectivity index (χ4n) is 2.80. The minimum atomic E-state index is -1.34. The van der Waals surface area contributed by atoms with Gasteiger partial charge in [0.2, 0.25) is 5.91 Å². The van der Waals surface area contributed by atoms with Crippen LogP contribution in [-0.2, 0) is 11.2 Å². The van der Waals surface area contributed by atoms with Gasteiger partial charge in [0, 0.05) is 23.2 Å². The Labute approximate surface area is 137 Å². The summed E-state index contributed by atoms with van der Waals surface area (Å²) in [7, 11) is 0. The second-order valence-electron chi connectivity index (χ2n) is 5.67. The lowest BCUT2D eigenvalue weighted by Crippen LogP contribution is -2.27. The molecule has 0 radical (unpaired) electrons. The average Bonchev–Trinajstić information content (AvgIpc) is 3.14. The summed E-state index contributed by atoms with van der Waals surface area (Å²) in [4.78, 5) is 24.0. The molecule has 1 aliphatic rings. The molecule has 0 spiro atoms. The van der Waals surface area contributed by atoms with Crippen molar-refractivity contribution in [3.8, 4) is 6.07 Å². The van der Waals surface area contributed by atoms with Crippen molar-refractivity contribution in [1.82, 2.24) is 5.16 Å². The Morgan fingerprint density at radius 1 is 1.46 bits per heavy atom. The first-order chi connectivity index (χ1) is 11.5. The molecule has 0 saturated carbocycles. The van der Waals surface area contributed by atoms with E-state index in [1.165, 1.54) is 6.20 Å². The summed E-state index contributed by atoms with van der Waals surface area (Å²) in [5.74, 6) is -1.49. The number of hydrogen-bond acceptors (Lipinski definition) is 6. The van der Waals surface area contributed by atoms with Gasteiger partial charge >= 0.3 is 0 Å². The van der Waals surface area contributed by atoms with Crippen LogP contribution in [0, 0.1) is 24.2 Å². The number of nitrogens with one attached hydrogen (secondary N) is 1. The number of carbonyl (C=O) groups excluding carboxylic acids is 2. The van der Waals surface area contributed by atoms with Gasteiger partial charge in [-0.05, 0) is 37.1 Å². The molecule has 0 bridgehead atoms. The molecule has 2 atom stereocenters. The number of nitrogens with zero attached hydrogens (tertiary/aromatic N) is 2. The largest absolute Gasteiger partial charge is 0.386 e. The van der Waals surface area contributed by atoms with Crippen molar-refractivity contribution in [2.75, 3.05) is 5.32 Å². The second kappa shape index (κ2) is 6.26. The number of fused-ring (bicyclic) bond motifs is 1. The van der Waals surface area contributed by atoms with E-state index in [1.807, 2.05) is 6.07 Å². The van der Waals surface area contributed by atoms with Crippen molar-refractivity contribution >= 4 is 17.4 Å². The number of aromatic nitrogens is 1. The lowest BCUT2D eigenvalue weighted by Gasteiger charge is -2.16. The van der Waals surface area contributed by atoms with Gasteiger partial charge in [-0.3, -0.25) is 9.59 Å². The molecule has 0 fully saturated rings. The number of aryl methyl sites for hydroxylation is 2. The van der Waals surface area contributed by atoms with Crippen LogP contribution in [0.2, 0.25) is 0 Å². The van der Waals surface area contributed by atoms with Crippen molar-refractivity contribution in [1.29, 1.82) is 5.26 Å². The van der Waals surface area contributed by atoms with Crippen molar-refractivity contribution in [3.63, 3.8) is 0 Å². The molecular weight excluding hydrogens is 310 g/mol. The predicted molar refractivity (Wildman–Crippen MR) is 83.0 cm³/mol. The Morgan fingerprint density at radius 3 is 2.92 bits per heavy atom. The van der Waals surface area contributed by atoms with E-state index in [0.29, 0.717) is 35.4 Å². The molecule has 7 nitrogen and oxygen atoms in total. The Kier molecular flexibility index (Phi) is 4.15. The van der Waals surface area contributed by atoms with E-state index < -0.39 is 17.9 Å². The molecule has 7 heteroatoms. The Morgan fingerprint density at radius 2 is 2.25 bits per heavy atom. The van der Waals surface area contributed by atoms with E-state index in [2.05, 4.69) is 10.5 Å². The summed E-state index contributed by atoms with van der Waals surface area (Å²) < 4.78 is 4.86. The van der Waals surface area contributed by atoms with Crippen LogP contribution in [0.1, 0.15) is 39.8 Å². The van der Waals surface area contributed by atoms with Gasteiger partial charge in [0.1, 0.15) is 11.9 Å². The lowest BCUT2D eigenvalue weighted by atomic mass is 9.96. The molecule has 2 N–H and O–H groups in total. The number of hydrogen-bond donors (Lipinski definition) is 2. The molecular formula is C17H15N3O4.